The topological polar surface area (TPSA) is 23.5 Å². The molecule has 0 bridgehead atoms. The molecule has 0 spiro atoms. The third-order valence-corrected chi connectivity index (χ3v) is 5.66. The number of hydrogen-bond acceptors (Lipinski definition) is 4. The van der Waals surface area contributed by atoms with E-state index in [1.54, 1.807) is 11.3 Å². The molecule has 16 heavy (non-hydrogen) atoms. The fourth-order valence-electron chi connectivity index (χ4n) is 1.83. The van der Waals surface area contributed by atoms with E-state index in [0.717, 1.165) is 28.7 Å². The van der Waals surface area contributed by atoms with E-state index in [9.17, 15) is 5.11 Å². The molecule has 90 valence electrons. The minimum Gasteiger partial charge on any atom is -0.506 e. The van der Waals surface area contributed by atoms with Crippen molar-refractivity contribution in [1.82, 2.24) is 4.90 Å². The monoisotopic (exact) mass is 321 g/mol. The zero-order valence-electron chi connectivity index (χ0n) is 9.12. The lowest BCUT2D eigenvalue weighted by atomic mass is 10.2. The van der Waals surface area contributed by atoms with E-state index in [1.165, 1.54) is 24.6 Å². The third kappa shape index (κ3) is 3.39. The Morgan fingerprint density at radius 2 is 2.12 bits per heavy atom. The summed E-state index contributed by atoms with van der Waals surface area (Å²) >= 11 is 7.02. The molecule has 1 saturated heterocycles. The van der Waals surface area contributed by atoms with Crippen molar-refractivity contribution in [2.45, 2.75) is 12.8 Å². The predicted molar refractivity (Wildman–Crippen MR) is 75.8 cm³/mol. The van der Waals surface area contributed by atoms with Gasteiger partial charge < -0.3 is 10.0 Å². The molecule has 1 aliphatic rings. The van der Waals surface area contributed by atoms with Gasteiger partial charge in [0.1, 0.15) is 5.75 Å². The summed E-state index contributed by atoms with van der Waals surface area (Å²) < 4.78 is 0.835. The van der Waals surface area contributed by atoms with Crippen molar-refractivity contribution >= 4 is 39.0 Å². The fraction of sp³-hybridized carbons (Fsp3) is 0.636. The standard InChI is InChI=1S/C11H16BrNOS2/c12-9-8-16-10(11(9)14)2-1-3-13-4-6-15-7-5-13/h8,14H,1-7H2. The summed E-state index contributed by atoms with van der Waals surface area (Å²) in [5.41, 5.74) is 0. The highest BCUT2D eigenvalue weighted by Gasteiger charge is 2.11. The smallest absolute Gasteiger partial charge is 0.143 e. The summed E-state index contributed by atoms with van der Waals surface area (Å²) in [6, 6.07) is 0. The SMILES string of the molecule is Oc1c(Br)csc1CCCN1CCSCC1. The first-order valence-corrected chi connectivity index (χ1v) is 8.35. The molecule has 1 N–H and O–H groups in total. The molecule has 2 heterocycles. The Morgan fingerprint density at radius 1 is 1.38 bits per heavy atom. The lowest BCUT2D eigenvalue weighted by Crippen LogP contribution is -2.33. The molecule has 2 rings (SSSR count). The van der Waals surface area contributed by atoms with Crippen LogP contribution in [-0.2, 0) is 6.42 Å². The van der Waals surface area contributed by atoms with Gasteiger partial charge in [-0.15, -0.1) is 11.3 Å². The van der Waals surface area contributed by atoms with Crippen molar-refractivity contribution in [3.8, 4) is 5.75 Å². The maximum absolute atomic E-state index is 9.72. The van der Waals surface area contributed by atoms with Crippen LogP contribution in [0.4, 0.5) is 0 Å². The van der Waals surface area contributed by atoms with Crippen LogP contribution in [0.25, 0.3) is 0 Å². The Labute approximate surface area is 113 Å². The summed E-state index contributed by atoms with van der Waals surface area (Å²) in [7, 11) is 0. The van der Waals surface area contributed by atoms with Crippen LogP contribution < -0.4 is 0 Å². The maximum Gasteiger partial charge on any atom is 0.143 e. The minimum atomic E-state index is 0.444. The van der Waals surface area contributed by atoms with Gasteiger partial charge in [0.2, 0.25) is 0 Å². The molecule has 0 saturated carbocycles. The molecule has 2 nitrogen and oxygen atoms in total. The molecular formula is C11H16BrNOS2. The van der Waals surface area contributed by atoms with Gasteiger partial charge in [-0.25, -0.2) is 0 Å². The summed E-state index contributed by atoms with van der Waals surface area (Å²) in [5, 5.41) is 11.7. The Hall–Kier alpha value is 0.290. The number of aromatic hydroxyl groups is 1. The summed E-state index contributed by atoms with van der Waals surface area (Å²) in [5.74, 6) is 2.99. The first kappa shape index (κ1) is 12.7. The van der Waals surface area contributed by atoms with E-state index in [4.69, 9.17) is 0 Å². The molecular weight excluding hydrogens is 306 g/mol. The van der Waals surface area contributed by atoms with Crippen LogP contribution in [0.5, 0.6) is 5.75 Å². The first-order chi connectivity index (χ1) is 7.77. The van der Waals surface area contributed by atoms with Gasteiger partial charge in [0.05, 0.1) is 4.47 Å². The molecule has 1 aliphatic heterocycles. The molecule has 0 aliphatic carbocycles. The quantitative estimate of drug-likeness (QED) is 0.921. The summed E-state index contributed by atoms with van der Waals surface area (Å²) in [4.78, 5) is 3.63. The molecule has 0 amide bonds. The van der Waals surface area contributed by atoms with Crippen LogP contribution >= 0.6 is 39.0 Å². The van der Waals surface area contributed by atoms with Gasteiger partial charge in [0.25, 0.3) is 0 Å². The van der Waals surface area contributed by atoms with E-state index >= 15 is 0 Å². The third-order valence-electron chi connectivity index (χ3n) is 2.78. The van der Waals surface area contributed by atoms with Crippen LogP contribution in [-0.4, -0.2) is 41.1 Å². The number of rotatable bonds is 4. The molecule has 1 aromatic heterocycles. The van der Waals surface area contributed by atoms with Gasteiger partial charge >= 0.3 is 0 Å². The normalized spacial score (nSPS) is 17.8. The second kappa shape index (κ2) is 6.28. The maximum atomic E-state index is 9.72. The van der Waals surface area contributed by atoms with E-state index in [0.29, 0.717) is 5.75 Å². The molecule has 0 radical (unpaired) electrons. The highest BCUT2D eigenvalue weighted by Crippen LogP contribution is 2.34. The van der Waals surface area contributed by atoms with Crippen molar-refractivity contribution in [1.29, 1.82) is 0 Å². The number of halogens is 1. The second-order valence-corrected chi connectivity index (χ2v) is 6.96. The Balaban J connectivity index is 1.73. The zero-order valence-corrected chi connectivity index (χ0v) is 12.3. The summed E-state index contributed by atoms with van der Waals surface area (Å²) in [6.45, 7) is 3.62. The molecule has 0 unspecified atom stereocenters. The summed E-state index contributed by atoms with van der Waals surface area (Å²) in [6.07, 6.45) is 2.14. The van der Waals surface area contributed by atoms with Crippen molar-refractivity contribution in [2.75, 3.05) is 31.1 Å². The van der Waals surface area contributed by atoms with Crippen LogP contribution in [0.1, 0.15) is 11.3 Å². The van der Waals surface area contributed by atoms with Crippen molar-refractivity contribution in [3.63, 3.8) is 0 Å². The van der Waals surface area contributed by atoms with Gasteiger partial charge in [-0.3, -0.25) is 0 Å². The van der Waals surface area contributed by atoms with Gasteiger partial charge in [0, 0.05) is 34.9 Å². The molecule has 0 atom stereocenters. The largest absolute Gasteiger partial charge is 0.506 e. The first-order valence-electron chi connectivity index (χ1n) is 5.52. The number of hydrogen-bond donors (Lipinski definition) is 1. The number of thioether (sulfide) groups is 1. The van der Waals surface area contributed by atoms with E-state index in [-0.39, 0.29) is 0 Å². The zero-order chi connectivity index (χ0) is 11.4. The van der Waals surface area contributed by atoms with Crippen LogP contribution in [0, 0.1) is 0 Å². The number of thiophene rings is 1. The molecule has 0 aromatic carbocycles. The van der Waals surface area contributed by atoms with Gasteiger partial charge in [-0.1, -0.05) is 0 Å². The van der Waals surface area contributed by atoms with Crippen LogP contribution in [0.3, 0.4) is 0 Å². The average Bonchev–Trinajstić information content (AvgIpc) is 2.62. The molecule has 1 aromatic rings. The van der Waals surface area contributed by atoms with Crippen LogP contribution in [0.15, 0.2) is 9.85 Å². The highest BCUT2D eigenvalue weighted by molar-refractivity contribution is 9.10. The van der Waals surface area contributed by atoms with E-state index < -0.39 is 0 Å². The fourth-order valence-corrected chi connectivity index (χ4v) is 4.30. The van der Waals surface area contributed by atoms with E-state index in [1.807, 2.05) is 17.1 Å². The Morgan fingerprint density at radius 3 is 2.75 bits per heavy atom. The van der Waals surface area contributed by atoms with Crippen LogP contribution in [0.2, 0.25) is 0 Å². The number of aryl methyl sites for hydroxylation is 1. The van der Waals surface area contributed by atoms with Crippen molar-refractivity contribution in [3.05, 3.63) is 14.7 Å². The lowest BCUT2D eigenvalue weighted by molar-refractivity contribution is 0.298. The highest BCUT2D eigenvalue weighted by atomic mass is 79.9. The lowest BCUT2D eigenvalue weighted by Gasteiger charge is -2.25. The van der Waals surface area contributed by atoms with Crippen molar-refractivity contribution in [2.24, 2.45) is 0 Å². The van der Waals surface area contributed by atoms with Gasteiger partial charge in [-0.05, 0) is 35.3 Å². The van der Waals surface area contributed by atoms with Gasteiger partial charge in [0.15, 0.2) is 0 Å². The second-order valence-electron chi connectivity index (χ2n) is 3.91. The Kier molecular flexibility index (Phi) is 5.00. The average molecular weight is 322 g/mol. The minimum absolute atomic E-state index is 0.444. The molecule has 5 heteroatoms. The van der Waals surface area contributed by atoms with Crippen molar-refractivity contribution < 1.29 is 5.11 Å². The van der Waals surface area contributed by atoms with Gasteiger partial charge in [-0.2, -0.15) is 11.8 Å². The Bertz CT molecular complexity index is 337. The number of nitrogens with zero attached hydrogens (tertiary/aromatic N) is 1. The van der Waals surface area contributed by atoms with E-state index in [2.05, 4.69) is 20.8 Å². The molecule has 1 fully saturated rings. The predicted octanol–water partition coefficient (Wildman–Crippen LogP) is 3.20.